The van der Waals surface area contributed by atoms with Crippen LogP contribution in [0.1, 0.15) is 44.2 Å². The summed E-state index contributed by atoms with van der Waals surface area (Å²) < 4.78 is 0. The molecule has 3 N–H and O–H groups in total. The quantitative estimate of drug-likeness (QED) is 0.777. The number of rotatable bonds is 7. The summed E-state index contributed by atoms with van der Waals surface area (Å²) in [6.07, 6.45) is 7.44. The number of aliphatic hydroxyl groups is 1. The van der Waals surface area contributed by atoms with E-state index in [1.54, 1.807) is 0 Å². The number of hydrogen-bond donors (Lipinski definition) is 2. The first-order valence-corrected chi connectivity index (χ1v) is 6.84. The van der Waals surface area contributed by atoms with Crippen molar-refractivity contribution in [2.24, 2.45) is 5.73 Å². The minimum Gasteiger partial charge on any atom is -0.386 e. The third-order valence-corrected chi connectivity index (χ3v) is 3.43. The van der Waals surface area contributed by atoms with E-state index in [1.807, 2.05) is 26.0 Å². The molecule has 0 amide bonds. The average Bonchev–Trinajstić information content (AvgIpc) is 2.43. The molecular weight excluding hydrogens is 222 g/mol. The summed E-state index contributed by atoms with van der Waals surface area (Å²) in [5.41, 5.74) is 7.29. The van der Waals surface area contributed by atoms with Crippen LogP contribution in [-0.2, 0) is 6.42 Å². The number of benzene rings is 1. The van der Waals surface area contributed by atoms with Crippen LogP contribution in [0.2, 0.25) is 0 Å². The second-order valence-electron chi connectivity index (χ2n) is 4.78. The molecule has 0 heterocycles. The Labute approximate surface area is 111 Å². The highest BCUT2D eigenvalue weighted by Gasteiger charge is 2.17. The summed E-state index contributed by atoms with van der Waals surface area (Å²) in [7, 11) is 0. The highest BCUT2D eigenvalue weighted by atomic mass is 16.3. The van der Waals surface area contributed by atoms with E-state index >= 15 is 0 Å². The molecule has 0 spiro atoms. The van der Waals surface area contributed by atoms with Crippen LogP contribution < -0.4 is 5.73 Å². The lowest BCUT2D eigenvalue weighted by molar-refractivity contribution is 0.0836. The summed E-state index contributed by atoms with van der Waals surface area (Å²) in [5.74, 6) is 0. The molecule has 0 saturated carbocycles. The molecule has 2 nitrogen and oxygen atoms in total. The van der Waals surface area contributed by atoms with Crippen molar-refractivity contribution in [1.29, 1.82) is 0 Å². The lowest BCUT2D eigenvalue weighted by Gasteiger charge is -2.20. The molecule has 0 aliphatic rings. The van der Waals surface area contributed by atoms with E-state index in [4.69, 9.17) is 5.73 Å². The zero-order valence-electron chi connectivity index (χ0n) is 11.5. The Morgan fingerprint density at radius 3 is 2.61 bits per heavy atom. The van der Waals surface area contributed by atoms with E-state index in [9.17, 15) is 5.11 Å². The van der Waals surface area contributed by atoms with Crippen LogP contribution in [0, 0.1) is 0 Å². The van der Waals surface area contributed by atoms with Crippen molar-refractivity contribution in [2.75, 3.05) is 6.54 Å². The summed E-state index contributed by atoms with van der Waals surface area (Å²) in [5, 5.41) is 10.2. The van der Waals surface area contributed by atoms with Crippen molar-refractivity contribution in [3.8, 4) is 0 Å². The molecule has 0 fully saturated rings. The maximum absolute atomic E-state index is 10.2. The minimum atomic E-state index is -0.673. The number of hydrogen-bond acceptors (Lipinski definition) is 2. The van der Waals surface area contributed by atoms with Gasteiger partial charge in [0, 0.05) is 0 Å². The Balaban J connectivity index is 2.75. The molecule has 0 aromatic heterocycles. The third-order valence-electron chi connectivity index (χ3n) is 3.43. The van der Waals surface area contributed by atoms with E-state index in [2.05, 4.69) is 24.3 Å². The Morgan fingerprint density at radius 1 is 1.28 bits per heavy atom. The standard InChI is InChI=1S/C16H25NO/c1-3-16(18,4-2)11-10-15-8-5-7-14(13-15)9-6-12-17/h5,7-8,10-11,13,18H,3-4,6,9,12,17H2,1-2H3. The second-order valence-corrected chi connectivity index (χ2v) is 4.78. The van der Waals surface area contributed by atoms with Crippen LogP contribution in [-0.4, -0.2) is 17.3 Å². The van der Waals surface area contributed by atoms with Gasteiger partial charge in [-0.1, -0.05) is 50.3 Å². The van der Waals surface area contributed by atoms with Crippen LogP contribution in [0.4, 0.5) is 0 Å². The van der Waals surface area contributed by atoms with Gasteiger partial charge in [0.25, 0.3) is 0 Å². The van der Waals surface area contributed by atoms with Gasteiger partial charge in [0.05, 0.1) is 5.60 Å². The lowest BCUT2D eigenvalue weighted by atomic mass is 9.95. The predicted octanol–water partition coefficient (Wildman–Crippen LogP) is 3.14. The number of nitrogens with two attached hydrogens (primary N) is 1. The van der Waals surface area contributed by atoms with E-state index in [0.29, 0.717) is 0 Å². The largest absolute Gasteiger partial charge is 0.386 e. The van der Waals surface area contributed by atoms with Crippen molar-refractivity contribution in [1.82, 2.24) is 0 Å². The Hall–Kier alpha value is -1.12. The van der Waals surface area contributed by atoms with Crippen molar-refractivity contribution in [3.05, 3.63) is 41.5 Å². The van der Waals surface area contributed by atoms with Gasteiger partial charge in [0.1, 0.15) is 0 Å². The Bertz CT molecular complexity index is 380. The zero-order chi connectivity index (χ0) is 13.4. The number of aryl methyl sites for hydroxylation is 1. The fourth-order valence-electron chi connectivity index (χ4n) is 1.90. The molecular formula is C16H25NO. The average molecular weight is 247 g/mol. The van der Waals surface area contributed by atoms with Crippen molar-refractivity contribution >= 4 is 6.08 Å². The molecule has 2 heteroatoms. The minimum absolute atomic E-state index is 0.673. The molecule has 1 aromatic rings. The molecule has 0 atom stereocenters. The van der Waals surface area contributed by atoms with Gasteiger partial charge in [0.2, 0.25) is 0 Å². The van der Waals surface area contributed by atoms with E-state index < -0.39 is 5.60 Å². The predicted molar refractivity (Wildman–Crippen MR) is 78.4 cm³/mol. The van der Waals surface area contributed by atoms with Gasteiger partial charge in [-0.05, 0) is 43.4 Å². The first-order valence-electron chi connectivity index (χ1n) is 6.84. The molecule has 0 aliphatic heterocycles. The van der Waals surface area contributed by atoms with Crippen LogP contribution in [0.15, 0.2) is 30.3 Å². The molecule has 0 unspecified atom stereocenters. The van der Waals surface area contributed by atoms with Gasteiger partial charge < -0.3 is 10.8 Å². The summed E-state index contributed by atoms with van der Waals surface area (Å²) >= 11 is 0. The maximum Gasteiger partial charge on any atom is 0.0825 e. The fraction of sp³-hybridized carbons (Fsp3) is 0.500. The Kier molecular flexibility index (Phi) is 6.10. The van der Waals surface area contributed by atoms with Crippen LogP contribution in [0.25, 0.3) is 6.08 Å². The van der Waals surface area contributed by atoms with Crippen molar-refractivity contribution in [3.63, 3.8) is 0 Å². The van der Waals surface area contributed by atoms with Crippen LogP contribution in [0.5, 0.6) is 0 Å². The normalized spacial score (nSPS) is 12.2. The molecule has 100 valence electrons. The van der Waals surface area contributed by atoms with Crippen LogP contribution in [0.3, 0.4) is 0 Å². The SMILES string of the molecule is CCC(O)(C=Cc1cccc(CCCN)c1)CC. The summed E-state index contributed by atoms with van der Waals surface area (Å²) in [6.45, 7) is 4.74. The van der Waals surface area contributed by atoms with E-state index in [-0.39, 0.29) is 0 Å². The maximum atomic E-state index is 10.2. The van der Waals surface area contributed by atoms with Gasteiger partial charge in [-0.3, -0.25) is 0 Å². The van der Waals surface area contributed by atoms with Gasteiger partial charge in [-0.2, -0.15) is 0 Å². The van der Waals surface area contributed by atoms with Gasteiger partial charge in [-0.15, -0.1) is 0 Å². The van der Waals surface area contributed by atoms with Gasteiger partial charge in [0.15, 0.2) is 0 Å². The second kappa shape index (κ2) is 7.34. The van der Waals surface area contributed by atoms with E-state index in [0.717, 1.165) is 37.8 Å². The summed E-state index contributed by atoms with van der Waals surface area (Å²) in [6, 6.07) is 8.41. The molecule has 0 radical (unpaired) electrons. The first kappa shape index (κ1) is 14.9. The van der Waals surface area contributed by atoms with Crippen molar-refractivity contribution in [2.45, 2.75) is 45.1 Å². The zero-order valence-corrected chi connectivity index (χ0v) is 11.5. The van der Waals surface area contributed by atoms with E-state index in [1.165, 1.54) is 5.56 Å². The monoisotopic (exact) mass is 247 g/mol. The topological polar surface area (TPSA) is 46.2 Å². The molecule has 1 rings (SSSR count). The molecule has 0 aliphatic carbocycles. The van der Waals surface area contributed by atoms with Gasteiger partial charge in [-0.25, -0.2) is 0 Å². The molecule has 0 saturated heterocycles. The van der Waals surface area contributed by atoms with Gasteiger partial charge >= 0.3 is 0 Å². The summed E-state index contributed by atoms with van der Waals surface area (Å²) in [4.78, 5) is 0. The third kappa shape index (κ3) is 4.63. The molecule has 1 aromatic carbocycles. The highest BCUT2D eigenvalue weighted by molar-refractivity contribution is 5.51. The Morgan fingerprint density at radius 2 is 2.00 bits per heavy atom. The molecule has 18 heavy (non-hydrogen) atoms. The van der Waals surface area contributed by atoms with Crippen LogP contribution >= 0.6 is 0 Å². The smallest absolute Gasteiger partial charge is 0.0825 e. The lowest BCUT2D eigenvalue weighted by Crippen LogP contribution is -2.22. The highest BCUT2D eigenvalue weighted by Crippen LogP contribution is 2.18. The molecule has 0 bridgehead atoms. The van der Waals surface area contributed by atoms with Crippen molar-refractivity contribution < 1.29 is 5.11 Å². The first-order chi connectivity index (χ1) is 8.63. The fourth-order valence-corrected chi connectivity index (χ4v) is 1.90.